The van der Waals surface area contributed by atoms with E-state index in [9.17, 15) is 24.6 Å². The summed E-state index contributed by atoms with van der Waals surface area (Å²) in [6.45, 7) is 1.81. The van der Waals surface area contributed by atoms with E-state index in [1.54, 1.807) is 24.3 Å². The molecule has 2 N–H and O–H groups in total. The number of rotatable bonds is 14. The maximum Gasteiger partial charge on any atom is 0.305 e. The highest BCUT2D eigenvalue weighted by molar-refractivity contribution is 6.09. The third-order valence-electron chi connectivity index (χ3n) is 6.61. The van der Waals surface area contributed by atoms with Gasteiger partial charge in [0.15, 0.2) is 5.78 Å². The minimum atomic E-state index is -0.862. The first kappa shape index (κ1) is 28.1. The van der Waals surface area contributed by atoms with Gasteiger partial charge in [-0.15, -0.1) is 0 Å². The van der Waals surface area contributed by atoms with E-state index >= 15 is 0 Å². The molecule has 0 aromatic heterocycles. The van der Waals surface area contributed by atoms with Crippen molar-refractivity contribution >= 4 is 29.1 Å². The molecule has 204 valence electrons. The summed E-state index contributed by atoms with van der Waals surface area (Å²) < 4.78 is 0. The van der Waals surface area contributed by atoms with Crippen molar-refractivity contribution in [2.24, 2.45) is 0 Å². The molecule has 0 aliphatic rings. The van der Waals surface area contributed by atoms with Crippen molar-refractivity contribution in [3.63, 3.8) is 0 Å². The number of carbonyl (C=O) groups is 3. The molecule has 4 rings (SSSR count). The van der Waals surface area contributed by atoms with Crippen molar-refractivity contribution in [1.29, 1.82) is 0 Å². The molecule has 0 spiro atoms. The van der Waals surface area contributed by atoms with Gasteiger partial charge in [0.1, 0.15) is 0 Å². The fraction of sp³-hybridized carbons (Fsp3) is 0.182. The smallest absolute Gasteiger partial charge is 0.305 e. The van der Waals surface area contributed by atoms with Crippen LogP contribution in [0.3, 0.4) is 0 Å². The van der Waals surface area contributed by atoms with E-state index in [-0.39, 0.29) is 18.6 Å². The zero-order chi connectivity index (χ0) is 28.3. The molecule has 0 bridgehead atoms. The van der Waals surface area contributed by atoms with E-state index < -0.39 is 11.9 Å². The largest absolute Gasteiger partial charge is 0.481 e. The van der Waals surface area contributed by atoms with Gasteiger partial charge in [-0.05, 0) is 59.7 Å². The second kappa shape index (κ2) is 13.8. The van der Waals surface area contributed by atoms with Crippen molar-refractivity contribution in [3.8, 4) is 0 Å². The second-order valence-corrected chi connectivity index (χ2v) is 9.52. The van der Waals surface area contributed by atoms with Gasteiger partial charge < -0.3 is 20.0 Å². The highest BCUT2D eigenvalue weighted by Gasteiger charge is 2.15. The molecule has 0 heterocycles. The van der Waals surface area contributed by atoms with Crippen molar-refractivity contribution in [2.75, 3.05) is 22.9 Å². The van der Waals surface area contributed by atoms with Gasteiger partial charge in [-0.25, -0.2) is 0 Å². The third kappa shape index (κ3) is 8.04. The average Bonchev–Trinajstić information content (AvgIpc) is 2.98. The van der Waals surface area contributed by atoms with Gasteiger partial charge in [0.05, 0.1) is 12.8 Å². The first-order valence-electron chi connectivity index (χ1n) is 13.2. The highest BCUT2D eigenvalue weighted by atomic mass is 16.4. The Morgan fingerprint density at radius 1 is 0.500 bits per heavy atom. The van der Waals surface area contributed by atoms with Gasteiger partial charge in [0.25, 0.3) is 0 Å². The first-order chi connectivity index (χ1) is 19.4. The second-order valence-electron chi connectivity index (χ2n) is 9.52. The lowest BCUT2D eigenvalue weighted by atomic mass is 10.0. The number of hydrogen-bond acceptors (Lipinski definition) is 5. The number of carboxylic acids is 2. The molecule has 7 heteroatoms. The number of anilines is 2. The summed E-state index contributed by atoms with van der Waals surface area (Å²) in [5.74, 6) is -1.85. The normalized spacial score (nSPS) is 10.6. The average molecular weight is 537 g/mol. The van der Waals surface area contributed by atoms with E-state index in [4.69, 9.17) is 0 Å². The van der Waals surface area contributed by atoms with E-state index in [2.05, 4.69) is 0 Å². The third-order valence-corrected chi connectivity index (χ3v) is 6.61. The monoisotopic (exact) mass is 536 g/mol. The minimum absolute atomic E-state index is 0.00756. The Morgan fingerprint density at radius 2 is 0.850 bits per heavy atom. The number of carbonyl (C=O) groups excluding carboxylic acids is 1. The summed E-state index contributed by atoms with van der Waals surface area (Å²) in [7, 11) is 0. The van der Waals surface area contributed by atoms with Crippen LogP contribution in [0, 0.1) is 0 Å². The molecule has 0 saturated carbocycles. The first-order valence-corrected chi connectivity index (χ1v) is 13.2. The summed E-state index contributed by atoms with van der Waals surface area (Å²) in [6, 6.07) is 34.1. The molecule has 0 unspecified atom stereocenters. The lowest BCUT2D eigenvalue weighted by Gasteiger charge is -2.25. The Labute approximate surface area is 233 Å². The van der Waals surface area contributed by atoms with Crippen molar-refractivity contribution in [3.05, 3.63) is 131 Å². The maximum absolute atomic E-state index is 13.2. The van der Waals surface area contributed by atoms with Gasteiger partial charge in [0.2, 0.25) is 0 Å². The van der Waals surface area contributed by atoms with Crippen LogP contribution in [0.5, 0.6) is 0 Å². The van der Waals surface area contributed by atoms with Crippen LogP contribution >= 0.6 is 0 Å². The van der Waals surface area contributed by atoms with Gasteiger partial charge >= 0.3 is 11.9 Å². The number of carboxylic acid groups (broad SMARTS) is 2. The molecule has 7 nitrogen and oxygen atoms in total. The van der Waals surface area contributed by atoms with Crippen LogP contribution in [-0.4, -0.2) is 41.0 Å². The molecule has 0 radical (unpaired) electrons. The van der Waals surface area contributed by atoms with Crippen LogP contribution in [0.2, 0.25) is 0 Å². The molecule has 0 amide bonds. The van der Waals surface area contributed by atoms with Crippen molar-refractivity contribution in [2.45, 2.75) is 25.9 Å². The van der Waals surface area contributed by atoms with E-state index in [1.807, 2.05) is 94.7 Å². The standard InChI is InChI=1S/C33H32N2O5/c36-31(37)19-21-34(23-25-7-3-1-4-8-25)29-15-11-27(12-16-29)33(40)28-13-17-30(18-14-28)35(22-20-32(38)39)24-26-9-5-2-6-10-26/h1-18H,19-24H2,(H,36,37)(H,38,39). The quantitative estimate of drug-likeness (QED) is 0.194. The van der Waals surface area contributed by atoms with Crippen molar-refractivity contribution < 1.29 is 24.6 Å². The Hall–Kier alpha value is -4.91. The van der Waals surface area contributed by atoms with Gasteiger partial charge in [-0.2, -0.15) is 0 Å². The van der Waals surface area contributed by atoms with Gasteiger partial charge in [0, 0.05) is 48.7 Å². The van der Waals surface area contributed by atoms with Crippen LogP contribution < -0.4 is 9.80 Å². The Kier molecular flexibility index (Phi) is 9.67. The minimum Gasteiger partial charge on any atom is -0.481 e. The predicted octanol–water partition coefficient (Wildman–Crippen LogP) is 5.88. The number of ketones is 1. The summed E-state index contributed by atoms with van der Waals surface area (Å²) in [4.78, 5) is 39.6. The molecule has 0 fully saturated rings. The van der Waals surface area contributed by atoms with E-state index in [0.29, 0.717) is 37.3 Å². The molecule has 0 aliphatic carbocycles. The fourth-order valence-electron chi connectivity index (χ4n) is 4.48. The van der Waals surface area contributed by atoms with Crippen LogP contribution in [0.25, 0.3) is 0 Å². The fourth-order valence-corrected chi connectivity index (χ4v) is 4.48. The Bertz CT molecular complexity index is 1300. The summed E-state index contributed by atoms with van der Waals surface area (Å²) in [5, 5.41) is 18.4. The summed E-state index contributed by atoms with van der Waals surface area (Å²) in [6.07, 6.45) is 0.0151. The topological polar surface area (TPSA) is 98.2 Å². The van der Waals surface area contributed by atoms with Crippen molar-refractivity contribution in [1.82, 2.24) is 0 Å². The van der Waals surface area contributed by atoms with Crippen LogP contribution in [0.1, 0.15) is 39.9 Å². The molecule has 40 heavy (non-hydrogen) atoms. The van der Waals surface area contributed by atoms with Gasteiger partial charge in [-0.3, -0.25) is 14.4 Å². The molecular weight excluding hydrogens is 504 g/mol. The van der Waals surface area contributed by atoms with E-state index in [0.717, 1.165) is 22.5 Å². The van der Waals surface area contributed by atoms with Gasteiger partial charge in [-0.1, -0.05) is 60.7 Å². The molecule has 0 aliphatic heterocycles. The molecule has 4 aromatic rings. The lowest BCUT2D eigenvalue weighted by Crippen LogP contribution is -2.25. The Morgan fingerprint density at radius 3 is 1.18 bits per heavy atom. The number of hydrogen-bond donors (Lipinski definition) is 2. The summed E-state index contributed by atoms with van der Waals surface area (Å²) in [5.41, 5.74) is 4.87. The van der Waals surface area contributed by atoms with Crippen LogP contribution in [0.4, 0.5) is 11.4 Å². The molecular formula is C33H32N2O5. The molecule has 0 atom stereocenters. The Balaban J connectivity index is 1.48. The number of aliphatic carboxylic acids is 2. The maximum atomic E-state index is 13.2. The number of nitrogens with zero attached hydrogens (tertiary/aromatic N) is 2. The summed E-state index contributed by atoms with van der Waals surface area (Å²) >= 11 is 0. The zero-order valence-corrected chi connectivity index (χ0v) is 22.1. The van der Waals surface area contributed by atoms with Crippen LogP contribution in [0.15, 0.2) is 109 Å². The molecule has 4 aromatic carbocycles. The lowest BCUT2D eigenvalue weighted by molar-refractivity contribution is -0.137. The molecule has 0 saturated heterocycles. The predicted molar refractivity (Wildman–Crippen MR) is 156 cm³/mol. The zero-order valence-electron chi connectivity index (χ0n) is 22.1. The van der Waals surface area contributed by atoms with E-state index in [1.165, 1.54) is 0 Å². The van der Waals surface area contributed by atoms with Crippen LogP contribution in [-0.2, 0) is 22.7 Å². The number of benzene rings is 4. The highest BCUT2D eigenvalue weighted by Crippen LogP contribution is 2.23. The SMILES string of the molecule is O=C(O)CCN(Cc1ccccc1)c1ccc(C(=O)c2ccc(N(CCC(=O)O)Cc3ccccc3)cc2)cc1.